The molecule has 0 heterocycles. The first kappa shape index (κ1) is 15.7. The lowest BCUT2D eigenvalue weighted by Gasteiger charge is -2.19. The van der Waals surface area contributed by atoms with Gasteiger partial charge in [-0.05, 0) is 37.6 Å². The highest BCUT2D eigenvalue weighted by Crippen LogP contribution is 2.12. The summed E-state index contributed by atoms with van der Waals surface area (Å²) in [6.07, 6.45) is 0. The highest BCUT2D eigenvalue weighted by atomic mass is 16.2. The first-order chi connectivity index (χ1) is 9.49. The van der Waals surface area contributed by atoms with Crippen LogP contribution in [0.2, 0.25) is 0 Å². The Morgan fingerprint density at radius 3 is 2.60 bits per heavy atom. The number of primary amides is 1. The molecule has 0 radical (unpaired) electrons. The van der Waals surface area contributed by atoms with E-state index in [0.29, 0.717) is 12.1 Å². The van der Waals surface area contributed by atoms with Crippen LogP contribution in [0.4, 0.5) is 0 Å². The van der Waals surface area contributed by atoms with Crippen molar-refractivity contribution >= 4 is 11.8 Å². The molecule has 20 heavy (non-hydrogen) atoms. The fraction of sp³-hybridized carbons (Fsp3) is 0.333. The number of hydrogen-bond acceptors (Lipinski definition) is 3. The predicted molar refractivity (Wildman–Crippen MR) is 75.9 cm³/mol. The minimum atomic E-state index is -0.539. The van der Waals surface area contributed by atoms with E-state index in [1.807, 2.05) is 6.92 Å². The summed E-state index contributed by atoms with van der Waals surface area (Å²) in [7, 11) is 0. The Morgan fingerprint density at radius 1 is 1.40 bits per heavy atom. The first-order valence-corrected chi connectivity index (χ1v) is 6.27. The maximum atomic E-state index is 12.2. The SMILES string of the molecule is CCN(CC(N)=O)C(=O)c1ccc(C#CCO)c(C)c1. The second-order valence-electron chi connectivity index (χ2n) is 4.28. The summed E-state index contributed by atoms with van der Waals surface area (Å²) in [4.78, 5) is 24.5. The molecule has 0 saturated carbocycles. The fourth-order valence-corrected chi connectivity index (χ4v) is 1.77. The van der Waals surface area contributed by atoms with Crippen LogP contribution in [0, 0.1) is 18.8 Å². The molecule has 0 aliphatic rings. The molecule has 0 aliphatic carbocycles. The van der Waals surface area contributed by atoms with Crippen molar-refractivity contribution in [3.8, 4) is 11.8 Å². The molecular weight excluding hydrogens is 256 g/mol. The van der Waals surface area contributed by atoms with E-state index in [4.69, 9.17) is 10.8 Å². The fourth-order valence-electron chi connectivity index (χ4n) is 1.77. The van der Waals surface area contributed by atoms with E-state index < -0.39 is 5.91 Å². The molecule has 1 rings (SSSR count). The molecule has 5 nitrogen and oxygen atoms in total. The molecule has 0 saturated heterocycles. The highest BCUT2D eigenvalue weighted by molar-refractivity contribution is 5.96. The minimum absolute atomic E-state index is 0.0968. The van der Waals surface area contributed by atoms with Crippen LogP contribution in [-0.2, 0) is 4.79 Å². The number of hydrogen-bond donors (Lipinski definition) is 2. The van der Waals surface area contributed by atoms with Crippen molar-refractivity contribution in [2.24, 2.45) is 5.73 Å². The van der Waals surface area contributed by atoms with Gasteiger partial charge in [0.15, 0.2) is 0 Å². The van der Waals surface area contributed by atoms with Crippen LogP contribution in [0.15, 0.2) is 18.2 Å². The Morgan fingerprint density at radius 2 is 2.10 bits per heavy atom. The van der Waals surface area contributed by atoms with Gasteiger partial charge in [0.25, 0.3) is 5.91 Å². The molecule has 2 amide bonds. The molecule has 3 N–H and O–H groups in total. The van der Waals surface area contributed by atoms with Crippen LogP contribution in [0.3, 0.4) is 0 Å². The zero-order chi connectivity index (χ0) is 15.1. The lowest BCUT2D eigenvalue weighted by Crippen LogP contribution is -2.38. The quantitative estimate of drug-likeness (QED) is 0.774. The number of rotatable bonds is 4. The number of likely N-dealkylation sites (N-methyl/N-ethyl adjacent to an activating group) is 1. The maximum absolute atomic E-state index is 12.2. The standard InChI is InChI=1S/C15H18N2O3/c1-3-17(10-14(16)19)15(20)13-7-6-12(5-4-8-18)11(2)9-13/h6-7,9,18H,3,8,10H2,1-2H3,(H2,16,19). The van der Waals surface area contributed by atoms with Gasteiger partial charge < -0.3 is 15.7 Å². The number of amides is 2. The van der Waals surface area contributed by atoms with Crippen LogP contribution in [0.1, 0.15) is 28.4 Å². The number of benzene rings is 1. The molecule has 0 aromatic heterocycles. The Balaban J connectivity index is 2.99. The second kappa shape index (κ2) is 7.31. The molecule has 106 valence electrons. The third kappa shape index (κ3) is 4.11. The first-order valence-electron chi connectivity index (χ1n) is 6.27. The summed E-state index contributed by atoms with van der Waals surface area (Å²) in [6.45, 7) is 3.73. The molecule has 1 aromatic rings. The van der Waals surface area contributed by atoms with Gasteiger partial charge >= 0.3 is 0 Å². The van der Waals surface area contributed by atoms with Crippen LogP contribution in [-0.4, -0.2) is 41.5 Å². The van der Waals surface area contributed by atoms with E-state index in [9.17, 15) is 9.59 Å². The van der Waals surface area contributed by atoms with E-state index in [1.165, 1.54) is 4.90 Å². The Kier molecular flexibility index (Phi) is 5.75. The van der Waals surface area contributed by atoms with Crippen molar-refractivity contribution in [2.45, 2.75) is 13.8 Å². The second-order valence-corrected chi connectivity index (χ2v) is 4.28. The minimum Gasteiger partial charge on any atom is -0.384 e. The van der Waals surface area contributed by atoms with Crippen molar-refractivity contribution in [3.05, 3.63) is 34.9 Å². The summed E-state index contributed by atoms with van der Waals surface area (Å²) >= 11 is 0. The molecule has 0 bridgehead atoms. The largest absolute Gasteiger partial charge is 0.384 e. The van der Waals surface area contributed by atoms with Gasteiger partial charge in [0, 0.05) is 17.7 Å². The molecule has 0 spiro atoms. The van der Waals surface area contributed by atoms with Gasteiger partial charge in [-0.2, -0.15) is 0 Å². The van der Waals surface area contributed by atoms with Gasteiger partial charge in [-0.3, -0.25) is 9.59 Å². The van der Waals surface area contributed by atoms with Crippen molar-refractivity contribution in [2.75, 3.05) is 19.7 Å². The number of aryl methyl sites for hydroxylation is 1. The summed E-state index contributed by atoms with van der Waals surface area (Å²) in [5, 5.41) is 8.67. The molecule has 0 fully saturated rings. The van der Waals surface area contributed by atoms with Crippen molar-refractivity contribution in [1.29, 1.82) is 0 Å². The summed E-state index contributed by atoms with van der Waals surface area (Å²) in [5.41, 5.74) is 7.20. The van der Waals surface area contributed by atoms with E-state index in [2.05, 4.69) is 11.8 Å². The smallest absolute Gasteiger partial charge is 0.254 e. The van der Waals surface area contributed by atoms with Gasteiger partial charge in [-0.1, -0.05) is 11.8 Å². The zero-order valence-electron chi connectivity index (χ0n) is 11.6. The number of nitrogens with zero attached hydrogens (tertiary/aromatic N) is 1. The summed E-state index contributed by atoms with van der Waals surface area (Å²) < 4.78 is 0. The summed E-state index contributed by atoms with van der Waals surface area (Å²) in [6, 6.07) is 5.09. The van der Waals surface area contributed by atoms with Crippen molar-refractivity contribution < 1.29 is 14.7 Å². The topological polar surface area (TPSA) is 83.6 Å². The van der Waals surface area contributed by atoms with Crippen molar-refractivity contribution in [1.82, 2.24) is 4.90 Å². The number of carbonyl (C=O) groups is 2. The summed E-state index contributed by atoms with van der Waals surface area (Å²) in [5.74, 6) is 4.59. The van der Waals surface area contributed by atoms with Crippen LogP contribution in [0.25, 0.3) is 0 Å². The zero-order valence-corrected chi connectivity index (χ0v) is 11.6. The molecule has 1 aromatic carbocycles. The Bertz CT molecular complexity index is 570. The molecule has 5 heteroatoms. The van der Waals surface area contributed by atoms with E-state index in [0.717, 1.165) is 11.1 Å². The van der Waals surface area contributed by atoms with Crippen LogP contribution in [0.5, 0.6) is 0 Å². The lowest BCUT2D eigenvalue weighted by molar-refractivity contribution is -0.118. The third-order valence-corrected chi connectivity index (χ3v) is 2.79. The Hall–Kier alpha value is -2.32. The molecule has 0 aliphatic heterocycles. The Labute approximate surface area is 118 Å². The van der Waals surface area contributed by atoms with Gasteiger partial charge in [0.05, 0.1) is 6.54 Å². The van der Waals surface area contributed by atoms with Crippen molar-refractivity contribution in [3.63, 3.8) is 0 Å². The monoisotopic (exact) mass is 274 g/mol. The molecule has 0 atom stereocenters. The number of nitrogens with two attached hydrogens (primary N) is 1. The average Bonchev–Trinajstić information content (AvgIpc) is 2.42. The lowest BCUT2D eigenvalue weighted by atomic mass is 10.0. The molecule has 0 unspecified atom stereocenters. The van der Waals surface area contributed by atoms with E-state index in [1.54, 1.807) is 25.1 Å². The third-order valence-electron chi connectivity index (χ3n) is 2.79. The number of aliphatic hydroxyl groups excluding tert-OH is 1. The maximum Gasteiger partial charge on any atom is 0.254 e. The number of aliphatic hydroxyl groups is 1. The normalized spacial score (nSPS) is 9.55. The highest BCUT2D eigenvalue weighted by Gasteiger charge is 2.16. The number of carbonyl (C=O) groups excluding carboxylic acids is 2. The van der Waals surface area contributed by atoms with E-state index >= 15 is 0 Å². The van der Waals surface area contributed by atoms with Gasteiger partial charge in [0.2, 0.25) is 5.91 Å². The predicted octanol–water partition coefficient (Wildman–Crippen LogP) is 0.286. The van der Waals surface area contributed by atoms with Gasteiger partial charge in [-0.25, -0.2) is 0 Å². The van der Waals surface area contributed by atoms with Crippen LogP contribution < -0.4 is 5.73 Å². The molecular formula is C15H18N2O3. The van der Waals surface area contributed by atoms with E-state index in [-0.39, 0.29) is 19.1 Å². The van der Waals surface area contributed by atoms with Gasteiger partial charge in [0.1, 0.15) is 6.61 Å². The van der Waals surface area contributed by atoms with Crippen LogP contribution >= 0.6 is 0 Å². The average molecular weight is 274 g/mol. The van der Waals surface area contributed by atoms with Gasteiger partial charge in [-0.15, -0.1) is 0 Å².